The molecule has 29 heavy (non-hydrogen) atoms. The van der Waals surface area contributed by atoms with Gasteiger partial charge in [-0.1, -0.05) is 53.5 Å². The number of amides is 1. The summed E-state index contributed by atoms with van der Waals surface area (Å²) >= 11 is 10.9. The largest absolute Gasteiger partial charge is 0.386 e. The number of pyridine rings is 1. The highest BCUT2D eigenvalue weighted by molar-refractivity contribution is 6.53. The van der Waals surface area contributed by atoms with Crippen molar-refractivity contribution in [1.82, 2.24) is 15.2 Å². The Kier molecular flexibility index (Phi) is 7.40. The van der Waals surface area contributed by atoms with E-state index < -0.39 is 35.7 Å². The highest BCUT2D eigenvalue weighted by atomic mass is 35.5. The van der Waals surface area contributed by atoms with Crippen molar-refractivity contribution in [3.05, 3.63) is 53.9 Å². The van der Waals surface area contributed by atoms with Crippen molar-refractivity contribution in [3.63, 3.8) is 0 Å². The zero-order chi connectivity index (χ0) is 21.0. The van der Waals surface area contributed by atoms with Crippen LogP contribution in [-0.4, -0.2) is 57.7 Å². The minimum absolute atomic E-state index is 0.445. The third kappa shape index (κ3) is 5.63. The summed E-state index contributed by atoms with van der Waals surface area (Å²) < 4.78 is 26.1. The normalized spacial score (nSPS) is 17.0. The number of carbonyl (C=O) groups is 1. The van der Waals surface area contributed by atoms with Crippen molar-refractivity contribution < 1.29 is 18.7 Å². The maximum Gasteiger partial charge on any atom is 0.253 e. The summed E-state index contributed by atoms with van der Waals surface area (Å²) in [4.78, 5) is 16.6. The molecule has 5 nitrogen and oxygen atoms in total. The van der Waals surface area contributed by atoms with Crippen LogP contribution in [0.5, 0.6) is 0 Å². The highest BCUT2D eigenvalue weighted by Crippen LogP contribution is 2.24. The van der Waals surface area contributed by atoms with Gasteiger partial charge in [0.2, 0.25) is 0 Å². The Morgan fingerprint density at radius 1 is 1.21 bits per heavy atom. The summed E-state index contributed by atoms with van der Waals surface area (Å²) in [6, 6.07) is 9.54. The van der Waals surface area contributed by atoms with E-state index in [-0.39, 0.29) is 0 Å². The molecule has 9 heteroatoms. The molecule has 1 aromatic carbocycles. The Morgan fingerprint density at radius 2 is 1.86 bits per heavy atom. The van der Waals surface area contributed by atoms with Crippen molar-refractivity contribution in [2.75, 3.05) is 19.8 Å². The Labute approximate surface area is 177 Å². The molecule has 1 saturated heterocycles. The lowest BCUT2D eigenvalue weighted by molar-refractivity contribution is -0.121. The molecule has 1 aliphatic heterocycles. The van der Waals surface area contributed by atoms with Crippen molar-refractivity contribution in [2.24, 2.45) is 0 Å². The molecule has 0 aliphatic carbocycles. The second kappa shape index (κ2) is 9.80. The second-order valence-electron chi connectivity index (χ2n) is 6.97. The van der Waals surface area contributed by atoms with Gasteiger partial charge in [0, 0.05) is 31.4 Å². The summed E-state index contributed by atoms with van der Waals surface area (Å²) in [6.45, 7) is 0.544. The van der Waals surface area contributed by atoms with Crippen molar-refractivity contribution in [1.29, 1.82) is 0 Å². The number of alkyl halides is 4. The summed E-state index contributed by atoms with van der Waals surface area (Å²) in [6.07, 6.45) is -0.250. The van der Waals surface area contributed by atoms with Gasteiger partial charge in [0.15, 0.2) is 4.84 Å². The predicted octanol–water partition coefficient (Wildman–Crippen LogP) is 3.19. The lowest BCUT2D eigenvalue weighted by Gasteiger charge is -2.33. The molecule has 2 aromatic rings. The molecule has 1 aromatic heterocycles. The summed E-state index contributed by atoms with van der Waals surface area (Å²) in [7, 11) is 0. The molecule has 2 N–H and O–H groups in total. The topological polar surface area (TPSA) is 65.5 Å². The predicted molar refractivity (Wildman–Crippen MR) is 108 cm³/mol. The molecular formula is C20H21Cl2F2N3O2. The van der Waals surface area contributed by atoms with Gasteiger partial charge in [0.05, 0.1) is 11.7 Å². The van der Waals surface area contributed by atoms with E-state index >= 15 is 0 Å². The number of likely N-dealkylation sites (tertiary alicyclic amines) is 1. The second-order valence-corrected chi connectivity index (χ2v) is 8.06. The monoisotopic (exact) mass is 443 g/mol. The van der Waals surface area contributed by atoms with Crippen LogP contribution in [-0.2, 0) is 11.3 Å². The minimum Gasteiger partial charge on any atom is -0.386 e. The first-order chi connectivity index (χ1) is 13.9. The molecule has 0 radical (unpaired) electrons. The average Bonchev–Trinajstić information content (AvgIpc) is 2.70. The Hall–Kier alpha value is -1.80. The van der Waals surface area contributed by atoms with Crippen LogP contribution in [0.1, 0.15) is 17.4 Å². The number of nitrogens with one attached hydrogen (secondary N) is 1. The number of aliphatic hydroxyl groups is 1. The summed E-state index contributed by atoms with van der Waals surface area (Å²) in [5.74, 6) is -0.766. The number of carbonyl (C=O) groups excluding carboxylic acids is 1. The average molecular weight is 444 g/mol. The molecule has 2 heterocycles. The van der Waals surface area contributed by atoms with Gasteiger partial charge in [-0.2, -0.15) is 0 Å². The van der Waals surface area contributed by atoms with E-state index in [2.05, 4.69) is 10.3 Å². The van der Waals surface area contributed by atoms with Gasteiger partial charge in [0.25, 0.3) is 5.91 Å². The fourth-order valence-electron chi connectivity index (χ4n) is 3.11. The fourth-order valence-corrected chi connectivity index (χ4v) is 3.23. The van der Waals surface area contributed by atoms with Crippen LogP contribution < -0.4 is 5.32 Å². The van der Waals surface area contributed by atoms with E-state index in [9.17, 15) is 18.7 Å². The van der Waals surface area contributed by atoms with E-state index in [1.54, 1.807) is 30.5 Å². The maximum absolute atomic E-state index is 13.2. The SMILES string of the molecule is O=C(N[C@H](CF)[C@@H](O)c1ccc(-c2ccc(CN3CC(F)C3)nc2)cc1)C(Cl)Cl. The van der Waals surface area contributed by atoms with Crippen LogP contribution in [0.25, 0.3) is 11.1 Å². The molecule has 1 amide bonds. The number of hydrogen-bond acceptors (Lipinski definition) is 4. The first kappa shape index (κ1) is 21.9. The van der Waals surface area contributed by atoms with Crippen molar-refractivity contribution in [3.8, 4) is 11.1 Å². The smallest absolute Gasteiger partial charge is 0.253 e. The number of nitrogens with zero attached hydrogens (tertiary/aromatic N) is 2. The van der Waals surface area contributed by atoms with E-state index in [1.807, 2.05) is 17.0 Å². The molecule has 0 saturated carbocycles. The lowest BCUT2D eigenvalue weighted by Crippen LogP contribution is -2.47. The first-order valence-electron chi connectivity index (χ1n) is 9.11. The quantitative estimate of drug-likeness (QED) is 0.614. The molecular weight excluding hydrogens is 423 g/mol. The Bertz CT molecular complexity index is 815. The van der Waals surface area contributed by atoms with Crippen LogP contribution in [0, 0.1) is 0 Å². The van der Waals surface area contributed by atoms with E-state index in [1.165, 1.54) is 0 Å². The fraction of sp³-hybridized carbons (Fsp3) is 0.400. The lowest BCUT2D eigenvalue weighted by atomic mass is 9.99. The zero-order valence-electron chi connectivity index (χ0n) is 15.4. The molecule has 1 fully saturated rings. The summed E-state index contributed by atoms with van der Waals surface area (Å²) in [5, 5.41) is 12.6. The number of aromatic nitrogens is 1. The number of benzene rings is 1. The van der Waals surface area contributed by atoms with Gasteiger partial charge in [-0.05, 0) is 17.2 Å². The minimum atomic E-state index is -1.34. The van der Waals surface area contributed by atoms with Crippen molar-refractivity contribution >= 4 is 29.1 Å². The highest BCUT2D eigenvalue weighted by Gasteiger charge is 2.26. The van der Waals surface area contributed by atoms with Crippen LogP contribution in [0.15, 0.2) is 42.6 Å². The van der Waals surface area contributed by atoms with Gasteiger partial charge in [0.1, 0.15) is 19.0 Å². The van der Waals surface area contributed by atoms with Crippen LogP contribution >= 0.6 is 23.2 Å². The van der Waals surface area contributed by atoms with Crippen molar-refractivity contribution in [2.45, 2.75) is 29.7 Å². The number of halogens is 4. The molecule has 3 rings (SSSR count). The van der Waals surface area contributed by atoms with E-state index in [0.29, 0.717) is 25.2 Å². The van der Waals surface area contributed by atoms with Crippen LogP contribution in [0.2, 0.25) is 0 Å². The Morgan fingerprint density at radius 3 is 2.38 bits per heavy atom. The van der Waals surface area contributed by atoms with Crippen LogP contribution in [0.4, 0.5) is 8.78 Å². The first-order valence-corrected chi connectivity index (χ1v) is 9.99. The van der Waals surface area contributed by atoms with E-state index in [0.717, 1.165) is 16.8 Å². The van der Waals surface area contributed by atoms with Crippen LogP contribution in [0.3, 0.4) is 0 Å². The third-order valence-corrected chi connectivity index (χ3v) is 5.18. The van der Waals surface area contributed by atoms with E-state index in [4.69, 9.17) is 23.2 Å². The zero-order valence-corrected chi connectivity index (χ0v) is 17.0. The number of aliphatic hydroxyl groups excluding tert-OH is 1. The number of rotatable bonds is 8. The maximum atomic E-state index is 13.2. The molecule has 1 aliphatic rings. The van der Waals surface area contributed by atoms with Gasteiger partial charge >= 0.3 is 0 Å². The van der Waals surface area contributed by atoms with Gasteiger partial charge in [-0.15, -0.1) is 0 Å². The van der Waals surface area contributed by atoms with Gasteiger partial charge in [-0.3, -0.25) is 14.7 Å². The van der Waals surface area contributed by atoms with Gasteiger partial charge in [-0.25, -0.2) is 8.78 Å². The van der Waals surface area contributed by atoms with Gasteiger partial charge < -0.3 is 10.4 Å². The number of hydrogen-bond donors (Lipinski definition) is 2. The summed E-state index contributed by atoms with van der Waals surface area (Å²) in [5.41, 5.74) is 3.06. The molecule has 0 unspecified atom stereocenters. The Balaban J connectivity index is 1.63. The molecule has 2 atom stereocenters. The molecule has 0 spiro atoms. The standard InChI is InChI=1S/C20H21Cl2F2N3O2/c21-19(22)20(29)26-17(7-23)18(28)13-3-1-12(2-4-13)14-5-6-16(25-8-14)11-27-9-15(24)10-27/h1-6,8,15,17-19,28H,7,9-11H2,(H,26,29)/t17-,18+/m1/s1. The molecule has 0 bridgehead atoms. The molecule has 156 valence electrons. The third-order valence-electron chi connectivity index (χ3n) is 4.78.